The average molecular weight is 291 g/mol. The van der Waals surface area contributed by atoms with Crippen molar-refractivity contribution in [1.29, 1.82) is 0 Å². The van der Waals surface area contributed by atoms with E-state index in [0.717, 1.165) is 18.8 Å². The van der Waals surface area contributed by atoms with Crippen molar-refractivity contribution in [2.45, 2.75) is 20.0 Å². The van der Waals surface area contributed by atoms with Crippen molar-refractivity contribution in [3.8, 4) is 0 Å². The molecule has 0 fully saturated rings. The molecule has 0 aliphatic heterocycles. The van der Waals surface area contributed by atoms with Crippen molar-refractivity contribution in [2.75, 3.05) is 31.5 Å². The lowest BCUT2D eigenvalue weighted by Gasteiger charge is -2.22. The maximum absolute atomic E-state index is 9.90. The van der Waals surface area contributed by atoms with Gasteiger partial charge in [0.1, 0.15) is 0 Å². The Hall–Kier alpha value is -0.480. The van der Waals surface area contributed by atoms with Crippen LogP contribution in [0, 0.1) is 0 Å². The smallest absolute Gasteiger partial charge is 0.0839 e. The first kappa shape index (κ1) is 15.6. The number of benzene rings is 1. The van der Waals surface area contributed by atoms with Crippen LogP contribution in [0.15, 0.2) is 18.2 Å². The summed E-state index contributed by atoms with van der Waals surface area (Å²) in [6.45, 7) is 7.22. The lowest BCUT2D eigenvalue weighted by molar-refractivity contribution is 0.128. The fourth-order valence-electron chi connectivity index (χ4n) is 1.69. The van der Waals surface area contributed by atoms with Gasteiger partial charge in [0.05, 0.1) is 16.1 Å². The fourth-order valence-corrected chi connectivity index (χ4v) is 1.98. The van der Waals surface area contributed by atoms with E-state index < -0.39 is 6.10 Å². The Morgan fingerprint density at radius 3 is 2.44 bits per heavy atom. The number of hydrogen-bond donors (Lipinski definition) is 2. The molecule has 3 nitrogen and oxygen atoms in total. The van der Waals surface area contributed by atoms with E-state index in [2.05, 4.69) is 24.1 Å². The van der Waals surface area contributed by atoms with Gasteiger partial charge >= 0.3 is 0 Å². The molecule has 5 heteroatoms. The molecule has 18 heavy (non-hydrogen) atoms. The maximum Gasteiger partial charge on any atom is 0.0839 e. The monoisotopic (exact) mass is 290 g/mol. The minimum Gasteiger partial charge on any atom is -0.390 e. The largest absolute Gasteiger partial charge is 0.390 e. The zero-order valence-corrected chi connectivity index (χ0v) is 12.3. The van der Waals surface area contributed by atoms with Crippen molar-refractivity contribution in [3.05, 3.63) is 28.2 Å². The minimum atomic E-state index is -0.403. The summed E-state index contributed by atoms with van der Waals surface area (Å²) in [6.07, 6.45) is -0.403. The van der Waals surface area contributed by atoms with E-state index in [-0.39, 0.29) is 0 Å². The van der Waals surface area contributed by atoms with Gasteiger partial charge in [0.25, 0.3) is 0 Å². The van der Waals surface area contributed by atoms with Crippen LogP contribution in [-0.2, 0) is 0 Å². The third-order valence-corrected chi connectivity index (χ3v) is 3.56. The van der Waals surface area contributed by atoms with Gasteiger partial charge in [-0.25, -0.2) is 0 Å². The molecular formula is C13H20Cl2N2O. The summed E-state index contributed by atoms with van der Waals surface area (Å²) in [7, 11) is 0. The Bertz CT molecular complexity index is 370. The van der Waals surface area contributed by atoms with Crippen LogP contribution >= 0.6 is 23.2 Å². The lowest BCUT2D eigenvalue weighted by atomic mass is 10.2. The SMILES string of the molecule is CCN(CC)CC(O)CNc1ccc(Cl)c(Cl)c1. The van der Waals surface area contributed by atoms with E-state index in [1.54, 1.807) is 12.1 Å². The Kier molecular flexibility index (Phi) is 6.79. The van der Waals surface area contributed by atoms with Crippen LogP contribution in [0.3, 0.4) is 0 Å². The first-order chi connectivity index (χ1) is 8.56. The van der Waals surface area contributed by atoms with Crippen LogP contribution in [0.5, 0.6) is 0 Å². The number of aliphatic hydroxyl groups is 1. The average Bonchev–Trinajstić information content (AvgIpc) is 2.37. The van der Waals surface area contributed by atoms with E-state index in [1.165, 1.54) is 0 Å². The van der Waals surface area contributed by atoms with Gasteiger partial charge in [-0.1, -0.05) is 37.0 Å². The third kappa shape index (κ3) is 5.02. The Morgan fingerprint density at radius 2 is 1.89 bits per heavy atom. The quantitative estimate of drug-likeness (QED) is 0.810. The first-order valence-electron chi connectivity index (χ1n) is 6.16. The fraction of sp³-hybridized carbons (Fsp3) is 0.538. The molecular weight excluding hydrogens is 271 g/mol. The summed E-state index contributed by atoms with van der Waals surface area (Å²) in [5, 5.41) is 14.1. The summed E-state index contributed by atoms with van der Waals surface area (Å²) >= 11 is 11.7. The van der Waals surface area contributed by atoms with Crippen molar-refractivity contribution in [3.63, 3.8) is 0 Å². The molecule has 0 saturated carbocycles. The summed E-state index contributed by atoms with van der Waals surface area (Å²) in [5.74, 6) is 0. The van der Waals surface area contributed by atoms with Crippen LogP contribution in [0.4, 0.5) is 5.69 Å². The number of hydrogen-bond acceptors (Lipinski definition) is 3. The highest BCUT2D eigenvalue weighted by Crippen LogP contribution is 2.24. The second-order valence-electron chi connectivity index (χ2n) is 4.15. The molecule has 0 radical (unpaired) electrons. The van der Waals surface area contributed by atoms with Gasteiger partial charge in [0, 0.05) is 18.8 Å². The highest BCUT2D eigenvalue weighted by atomic mass is 35.5. The molecule has 0 heterocycles. The topological polar surface area (TPSA) is 35.5 Å². The summed E-state index contributed by atoms with van der Waals surface area (Å²) in [4.78, 5) is 2.18. The second kappa shape index (κ2) is 7.85. The van der Waals surface area contributed by atoms with Crippen molar-refractivity contribution < 1.29 is 5.11 Å². The molecule has 0 aliphatic rings. The Balaban J connectivity index is 2.42. The van der Waals surface area contributed by atoms with Gasteiger partial charge in [-0.15, -0.1) is 0 Å². The molecule has 1 aromatic rings. The van der Waals surface area contributed by atoms with E-state index in [1.807, 2.05) is 6.07 Å². The number of likely N-dealkylation sites (N-methyl/N-ethyl adjacent to an activating group) is 1. The zero-order valence-electron chi connectivity index (χ0n) is 10.8. The molecule has 0 aromatic heterocycles. The van der Waals surface area contributed by atoms with Gasteiger partial charge < -0.3 is 15.3 Å². The molecule has 1 unspecified atom stereocenters. The number of aliphatic hydroxyl groups excluding tert-OH is 1. The summed E-state index contributed by atoms with van der Waals surface area (Å²) in [5.41, 5.74) is 0.864. The predicted octanol–water partition coefficient (Wildman–Crippen LogP) is 3.11. The number of anilines is 1. The van der Waals surface area contributed by atoms with E-state index >= 15 is 0 Å². The summed E-state index contributed by atoms with van der Waals surface area (Å²) < 4.78 is 0. The molecule has 0 bridgehead atoms. The van der Waals surface area contributed by atoms with Crippen LogP contribution < -0.4 is 5.32 Å². The van der Waals surface area contributed by atoms with Gasteiger partial charge in [-0.05, 0) is 31.3 Å². The first-order valence-corrected chi connectivity index (χ1v) is 6.91. The molecule has 2 N–H and O–H groups in total. The van der Waals surface area contributed by atoms with Crippen LogP contribution in [0.25, 0.3) is 0 Å². The number of rotatable bonds is 7. The van der Waals surface area contributed by atoms with Crippen LogP contribution in [0.1, 0.15) is 13.8 Å². The van der Waals surface area contributed by atoms with Gasteiger partial charge in [0.15, 0.2) is 0 Å². The third-order valence-electron chi connectivity index (χ3n) is 2.82. The van der Waals surface area contributed by atoms with Crippen LogP contribution in [0.2, 0.25) is 10.0 Å². The van der Waals surface area contributed by atoms with Crippen molar-refractivity contribution in [1.82, 2.24) is 4.90 Å². The molecule has 0 amide bonds. The normalized spacial score (nSPS) is 12.8. The molecule has 0 aliphatic carbocycles. The number of nitrogens with one attached hydrogen (secondary N) is 1. The lowest BCUT2D eigenvalue weighted by Crippen LogP contribution is -2.35. The number of nitrogens with zero attached hydrogens (tertiary/aromatic N) is 1. The summed E-state index contributed by atoms with van der Waals surface area (Å²) in [6, 6.07) is 5.34. The zero-order chi connectivity index (χ0) is 13.5. The highest BCUT2D eigenvalue weighted by Gasteiger charge is 2.08. The predicted molar refractivity (Wildman–Crippen MR) is 78.7 cm³/mol. The second-order valence-corrected chi connectivity index (χ2v) is 4.96. The highest BCUT2D eigenvalue weighted by molar-refractivity contribution is 6.42. The van der Waals surface area contributed by atoms with Crippen molar-refractivity contribution >= 4 is 28.9 Å². The Labute approximate surface area is 119 Å². The molecule has 1 rings (SSSR count). The van der Waals surface area contributed by atoms with Gasteiger partial charge in [-0.3, -0.25) is 0 Å². The maximum atomic E-state index is 9.90. The molecule has 102 valence electrons. The van der Waals surface area contributed by atoms with Crippen molar-refractivity contribution in [2.24, 2.45) is 0 Å². The van der Waals surface area contributed by atoms with Gasteiger partial charge in [0.2, 0.25) is 0 Å². The minimum absolute atomic E-state index is 0.403. The molecule has 1 atom stereocenters. The standard InChI is InChI=1S/C13H20Cl2N2O/c1-3-17(4-2)9-11(18)8-16-10-5-6-12(14)13(15)7-10/h5-7,11,16,18H,3-4,8-9H2,1-2H3. The Morgan fingerprint density at radius 1 is 1.22 bits per heavy atom. The number of halogens is 2. The van der Waals surface area contributed by atoms with E-state index in [0.29, 0.717) is 23.1 Å². The van der Waals surface area contributed by atoms with E-state index in [9.17, 15) is 5.11 Å². The molecule has 1 aromatic carbocycles. The molecule has 0 saturated heterocycles. The van der Waals surface area contributed by atoms with Gasteiger partial charge in [-0.2, -0.15) is 0 Å². The van der Waals surface area contributed by atoms with Crippen LogP contribution in [-0.4, -0.2) is 42.3 Å². The molecule has 0 spiro atoms. The van der Waals surface area contributed by atoms with E-state index in [4.69, 9.17) is 23.2 Å².